The largest absolute Gasteiger partial charge is 0.348 e. The molecule has 28 heavy (non-hydrogen) atoms. The average molecular weight is 405 g/mol. The molecule has 5 nitrogen and oxygen atoms in total. The van der Waals surface area contributed by atoms with E-state index in [0.717, 1.165) is 30.9 Å². The SMILES string of the molecule is CC(C)C(NS(=O)(=O)c1ccccc1F)C(=O)NC1CCCc2ccccc21. The Balaban J connectivity index is 1.80. The topological polar surface area (TPSA) is 75.3 Å². The van der Waals surface area contributed by atoms with E-state index in [1.54, 1.807) is 13.8 Å². The first kappa shape index (κ1) is 20.5. The molecule has 0 radical (unpaired) electrons. The lowest BCUT2D eigenvalue weighted by atomic mass is 9.87. The quantitative estimate of drug-likeness (QED) is 0.776. The molecule has 0 spiro atoms. The van der Waals surface area contributed by atoms with Gasteiger partial charge in [-0.25, -0.2) is 12.8 Å². The normalized spacial score (nSPS) is 17.8. The minimum atomic E-state index is -4.17. The number of nitrogens with one attached hydrogen (secondary N) is 2. The van der Waals surface area contributed by atoms with Gasteiger partial charge in [-0.05, 0) is 48.4 Å². The first-order valence-corrected chi connectivity index (χ1v) is 10.9. The van der Waals surface area contributed by atoms with Crippen LogP contribution in [0.5, 0.6) is 0 Å². The van der Waals surface area contributed by atoms with Crippen molar-refractivity contribution >= 4 is 15.9 Å². The Bertz CT molecular complexity index is 960. The third-order valence-corrected chi connectivity index (χ3v) is 6.52. The molecule has 0 aliphatic heterocycles. The lowest BCUT2D eigenvalue weighted by Gasteiger charge is -2.29. The molecule has 7 heteroatoms. The predicted octanol–water partition coefficient (Wildman–Crippen LogP) is 3.32. The summed E-state index contributed by atoms with van der Waals surface area (Å²) in [4.78, 5) is 12.5. The number of fused-ring (bicyclic) bond motifs is 1. The molecule has 1 aliphatic rings. The van der Waals surface area contributed by atoms with E-state index in [-0.39, 0.29) is 12.0 Å². The minimum Gasteiger partial charge on any atom is -0.348 e. The molecule has 2 N–H and O–H groups in total. The van der Waals surface area contributed by atoms with Crippen molar-refractivity contribution in [3.63, 3.8) is 0 Å². The number of rotatable bonds is 6. The van der Waals surface area contributed by atoms with Gasteiger partial charge in [0.1, 0.15) is 16.8 Å². The zero-order valence-electron chi connectivity index (χ0n) is 16.0. The zero-order chi connectivity index (χ0) is 20.3. The fourth-order valence-electron chi connectivity index (χ4n) is 3.55. The third-order valence-electron chi connectivity index (χ3n) is 5.04. The smallest absolute Gasteiger partial charge is 0.244 e. The highest BCUT2D eigenvalue weighted by atomic mass is 32.2. The number of halogens is 1. The molecule has 2 atom stereocenters. The van der Waals surface area contributed by atoms with Gasteiger partial charge in [0.2, 0.25) is 15.9 Å². The van der Waals surface area contributed by atoms with Crippen molar-refractivity contribution in [2.24, 2.45) is 5.92 Å². The van der Waals surface area contributed by atoms with E-state index in [0.29, 0.717) is 0 Å². The van der Waals surface area contributed by atoms with Crippen LogP contribution in [0.25, 0.3) is 0 Å². The Hall–Kier alpha value is -2.25. The van der Waals surface area contributed by atoms with Crippen LogP contribution in [0.2, 0.25) is 0 Å². The van der Waals surface area contributed by atoms with Crippen LogP contribution in [-0.2, 0) is 21.2 Å². The predicted molar refractivity (Wildman–Crippen MR) is 106 cm³/mol. The summed E-state index contributed by atoms with van der Waals surface area (Å²) in [6.45, 7) is 3.51. The van der Waals surface area contributed by atoms with Gasteiger partial charge in [0.15, 0.2) is 0 Å². The van der Waals surface area contributed by atoms with Crippen LogP contribution in [0, 0.1) is 11.7 Å². The van der Waals surface area contributed by atoms with Crippen LogP contribution in [0.1, 0.15) is 43.9 Å². The molecule has 0 fully saturated rings. The van der Waals surface area contributed by atoms with E-state index >= 15 is 0 Å². The second-order valence-electron chi connectivity index (χ2n) is 7.43. The summed E-state index contributed by atoms with van der Waals surface area (Å²) in [5, 5.41) is 2.99. The van der Waals surface area contributed by atoms with Crippen LogP contribution in [0.15, 0.2) is 53.4 Å². The molecule has 2 aromatic carbocycles. The van der Waals surface area contributed by atoms with Gasteiger partial charge in [-0.2, -0.15) is 4.72 Å². The number of benzene rings is 2. The van der Waals surface area contributed by atoms with Gasteiger partial charge in [0.05, 0.1) is 6.04 Å². The zero-order valence-corrected chi connectivity index (χ0v) is 16.8. The van der Waals surface area contributed by atoms with Crippen LogP contribution in [-0.4, -0.2) is 20.4 Å². The van der Waals surface area contributed by atoms with Gasteiger partial charge in [-0.15, -0.1) is 0 Å². The molecular weight excluding hydrogens is 379 g/mol. The van der Waals surface area contributed by atoms with E-state index in [9.17, 15) is 17.6 Å². The molecule has 0 aromatic heterocycles. The Morgan fingerprint density at radius 1 is 1.11 bits per heavy atom. The van der Waals surface area contributed by atoms with Crippen molar-refractivity contribution in [3.8, 4) is 0 Å². The lowest BCUT2D eigenvalue weighted by molar-refractivity contribution is -0.124. The summed E-state index contributed by atoms with van der Waals surface area (Å²) >= 11 is 0. The van der Waals surface area contributed by atoms with E-state index in [4.69, 9.17) is 0 Å². The highest BCUT2D eigenvalue weighted by Gasteiger charge is 2.32. The van der Waals surface area contributed by atoms with E-state index < -0.39 is 32.7 Å². The van der Waals surface area contributed by atoms with E-state index in [1.807, 2.05) is 18.2 Å². The second kappa shape index (κ2) is 8.41. The number of sulfonamides is 1. The molecule has 1 aliphatic carbocycles. The number of carbonyl (C=O) groups excluding carboxylic acids is 1. The summed E-state index contributed by atoms with van der Waals surface area (Å²) in [7, 11) is -4.17. The average Bonchev–Trinajstić information content (AvgIpc) is 2.66. The Kier molecular flexibility index (Phi) is 6.15. The standard InChI is InChI=1S/C21H25FN2O3S/c1-14(2)20(24-28(26,27)19-13-6-5-11-17(19)22)21(25)23-18-12-7-9-15-8-3-4-10-16(15)18/h3-6,8,10-11,13-14,18,20,24H,7,9,12H2,1-2H3,(H,23,25). The van der Waals surface area contributed by atoms with Crippen LogP contribution in [0.4, 0.5) is 4.39 Å². The summed E-state index contributed by atoms with van der Waals surface area (Å²) in [5.41, 5.74) is 2.27. The van der Waals surface area contributed by atoms with Crippen molar-refractivity contribution in [1.82, 2.24) is 10.0 Å². The first-order valence-electron chi connectivity index (χ1n) is 9.44. The molecular formula is C21H25FN2O3S. The van der Waals surface area contributed by atoms with E-state index in [2.05, 4.69) is 16.1 Å². The molecule has 150 valence electrons. The lowest BCUT2D eigenvalue weighted by Crippen LogP contribution is -2.50. The number of hydrogen-bond donors (Lipinski definition) is 2. The maximum absolute atomic E-state index is 14.0. The maximum atomic E-state index is 14.0. The van der Waals surface area contributed by atoms with Crippen molar-refractivity contribution in [2.45, 2.75) is 50.1 Å². The summed E-state index contributed by atoms with van der Waals surface area (Å²) < 4.78 is 41.6. The van der Waals surface area contributed by atoms with Crippen molar-refractivity contribution in [2.75, 3.05) is 0 Å². The minimum absolute atomic E-state index is 0.156. The third kappa shape index (κ3) is 4.42. The van der Waals surface area contributed by atoms with Crippen molar-refractivity contribution < 1.29 is 17.6 Å². The van der Waals surface area contributed by atoms with Crippen LogP contribution < -0.4 is 10.0 Å². The molecule has 0 bridgehead atoms. The van der Waals surface area contributed by atoms with Crippen LogP contribution in [0.3, 0.4) is 0 Å². The van der Waals surface area contributed by atoms with Gasteiger partial charge in [-0.3, -0.25) is 4.79 Å². The van der Waals surface area contributed by atoms with E-state index in [1.165, 1.54) is 23.8 Å². The summed E-state index contributed by atoms with van der Waals surface area (Å²) in [6.07, 6.45) is 2.72. The first-order chi connectivity index (χ1) is 13.3. The molecule has 0 saturated carbocycles. The van der Waals surface area contributed by atoms with Gasteiger partial charge in [0, 0.05) is 0 Å². The van der Waals surface area contributed by atoms with Crippen LogP contribution >= 0.6 is 0 Å². The van der Waals surface area contributed by atoms with Gasteiger partial charge in [0.25, 0.3) is 0 Å². The highest BCUT2D eigenvalue weighted by Crippen LogP contribution is 2.29. The molecule has 2 unspecified atom stereocenters. The van der Waals surface area contributed by atoms with Crippen molar-refractivity contribution in [3.05, 3.63) is 65.5 Å². The Labute approximate surface area is 165 Å². The fourth-order valence-corrected chi connectivity index (χ4v) is 4.97. The fraction of sp³-hybridized carbons (Fsp3) is 0.381. The number of carbonyl (C=O) groups is 1. The number of aryl methyl sites for hydroxylation is 1. The maximum Gasteiger partial charge on any atom is 0.244 e. The second-order valence-corrected chi connectivity index (χ2v) is 9.11. The monoisotopic (exact) mass is 404 g/mol. The number of hydrogen-bond acceptors (Lipinski definition) is 3. The Morgan fingerprint density at radius 3 is 2.50 bits per heavy atom. The molecule has 3 rings (SSSR count). The molecule has 2 aromatic rings. The molecule has 1 amide bonds. The molecule has 0 heterocycles. The summed E-state index contributed by atoms with van der Waals surface area (Å²) in [6, 6.07) is 11.9. The summed E-state index contributed by atoms with van der Waals surface area (Å²) in [5.74, 6) is -1.56. The molecule has 0 saturated heterocycles. The van der Waals surface area contributed by atoms with Gasteiger partial charge < -0.3 is 5.32 Å². The van der Waals surface area contributed by atoms with Gasteiger partial charge in [-0.1, -0.05) is 50.2 Å². The van der Waals surface area contributed by atoms with Gasteiger partial charge >= 0.3 is 0 Å². The Morgan fingerprint density at radius 2 is 1.79 bits per heavy atom. The highest BCUT2D eigenvalue weighted by molar-refractivity contribution is 7.89. The van der Waals surface area contributed by atoms with Crippen molar-refractivity contribution in [1.29, 1.82) is 0 Å². The number of amides is 1.